The van der Waals surface area contributed by atoms with Gasteiger partial charge in [-0.25, -0.2) is 28.1 Å². The zero-order chi connectivity index (χ0) is 24.6. The van der Waals surface area contributed by atoms with E-state index in [-0.39, 0.29) is 30.2 Å². The zero-order valence-electron chi connectivity index (χ0n) is 19.3. The molecule has 4 heterocycles. The van der Waals surface area contributed by atoms with Gasteiger partial charge >= 0.3 is 0 Å². The maximum absolute atomic E-state index is 12.4. The first-order valence-electron chi connectivity index (χ1n) is 11.3. The topological polar surface area (TPSA) is 134 Å². The van der Waals surface area contributed by atoms with Gasteiger partial charge in [-0.1, -0.05) is 31.7 Å². The second-order valence-corrected chi connectivity index (χ2v) is 12.1. The predicted octanol–water partition coefficient (Wildman–Crippen LogP) is 3.56. The van der Waals surface area contributed by atoms with Crippen LogP contribution in [0.1, 0.15) is 31.1 Å². The zero-order valence-corrected chi connectivity index (χ0v) is 21.8. The summed E-state index contributed by atoms with van der Waals surface area (Å²) in [5.74, 6) is 1.94. The summed E-state index contributed by atoms with van der Waals surface area (Å²) in [5, 5.41) is 2.96. The third-order valence-corrected chi connectivity index (χ3v) is 9.62. The number of benzene rings is 1. The van der Waals surface area contributed by atoms with Gasteiger partial charge in [0.2, 0.25) is 16.8 Å². The quantitative estimate of drug-likeness (QED) is 0.420. The van der Waals surface area contributed by atoms with E-state index in [4.69, 9.17) is 20.2 Å². The van der Waals surface area contributed by atoms with Crippen LogP contribution in [0.4, 0.5) is 5.82 Å². The highest BCUT2D eigenvalue weighted by molar-refractivity contribution is 8.02. The lowest BCUT2D eigenvalue weighted by Gasteiger charge is -2.21. The average molecular weight is 535 g/mol. The van der Waals surface area contributed by atoms with Crippen LogP contribution in [-0.2, 0) is 16.6 Å². The molecule has 0 saturated carbocycles. The van der Waals surface area contributed by atoms with Crippen molar-refractivity contribution in [3.8, 4) is 11.5 Å². The number of fused-ring (bicyclic) bond motifs is 2. The number of nitrogens with two attached hydrogens (primary N) is 1. The maximum Gasteiger partial charge on any atom is 0.231 e. The number of hydrogen-bond acceptors (Lipinski definition) is 10. The lowest BCUT2D eigenvalue weighted by atomic mass is 9.96. The molecule has 0 radical (unpaired) electrons. The van der Waals surface area contributed by atoms with Crippen molar-refractivity contribution in [1.29, 1.82) is 0 Å². The number of thioether (sulfide) groups is 1. The summed E-state index contributed by atoms with van der Waals surface area (Å²) in [4.78, 5) is 14.1. The van der Waals surface area contributed by atoms with Crippen LogP contribution in [0.25, 0.3) is 11.2 Å². The molecule has 0 bridgehead atoms. The van der Waals surface area contributed by atoms with Crippen LogP contribution in [0.3, 0.4) is 0 Å². The highest BCUT2D eigenvalue weighted by Crippen LogP contribution is 2.51. The second-order valence-electron chi connectivity index (χ2n) is 8.10. The Morgan fingerprint density at radius 2 is 2.06 bits per heavy atom. The summed E-state index contributed by atoms with van der Waals surface area (Å²) in [6.07, 6.45) is 4.62. The third kappa shape index (κ3) is 4.82. The largest absolute Gasteiger partial charge is 0.454 e. The van der Waals surface area contributed by atoms with Crippen molar-refractivity contribution >= 4 is 50.5 Å². The first kappa shape index (κ1) is 24.2. The molecule has 0 saturated heterocycles. The molecule has 2 aliphatic rings. The molecule has 2 aliphatic heterocycles. The van der Waals surface area contributed by atoms with Gasteiger partial charge in [-0.15, -0.1) is 11.8 Å². The predicted molar refractivity (Wildman–Crippen MR) is 137 cm³/mol. The van der Waals surface area contributed by atoms with Crippen molar-refractivity contribution in [2.24, 2.45) is 5.92 Å². The molecule has 3 aromatic rings. The van der Waals surface area contributed by atoms with E-state index < -0.39 is 10.0 Å². The van der Waals surface area contributed by atoms with Gasteiger partial charge in [0.15, 0.2) is 33.6 Å². The number of nitrogens with one attached hydrogen (secondary N) is 1. The van der Waals surface area contributed by atoms with Gasteiger partial charge in [-0.05, 0) is 35.4 Å². The van der Waals surface area contributed by atoms with Crippen molar-refractivity contribution in [3.05, 3.63) is 35.5 Å². The number of aryl methyl sites for hydroxylation is 1. The molecule has 35 heavy (non-hydrogen) atoms. The number of hydrogen-bond donors (Lipinski definition) is 2. The van der Waals surface area contributed by atoms with Crippen LogP contribution in [-0.4, -0.2) is 47.0 Å². The molecule has 2 atom stereocenters. The second kappa shape index (κ2) is 9.88. The van der Waals surface area contributed by atoms with E-state index in [1.807, 2.05) is 6.07 Å². The van der Waals surface area contributed by atoms with Gasteiger partial charge in [-0.3, -0.25) is 0 Å². The number of anilines is 1. The smallest absolute Gasteiger partial charge is 0.231 e. The molecule has 0 aliphatic carbocycles. The van der Waals surface area contributed by atoms with Crippen molar-refractivity contribution in [2.75, 3.05) is 24.8 Å². The van der Waals surface area contributed by atoms with E-state index in [1.165, 1.54) is 18.1 Å². The number of nitrogen functional groups attached to an aromatic ring is 1. The Morgan fingerprint density at radius 3 is 2.83 bits per heavy atom. The Bertz CT molecular complexity index is 1390. The molecular formula is C22H26N6O4S3. The number of nitrogens with zero attached hydrogens (tertiary/aromatic N) is 4. The van der Waals surface area contributed by atoms with E-state index in [0.717, 1.165) is 22.6 Å². The fourth-order valence-electron chi connectivity index (χ4n) is 4.15. The lowest BCUT2D eigenvalue weighted by Crippen LogP contribution is -2.28. The summed E-state index contributed by atoms with van der Waals surface area (Å²) in [6, 6.07) is 4.02. The summed E-state index contributed by atoms with van der Waals surface area (Å²) in [5.41, 5.74) is 8.15. The van der Waals surface area contributed by atoms with E-state index in [0.29, 0.717) is 34.5 Å². The number of imidazole rings is 1. The third-order valence-electron chi connectivity index (χ3n) is 5.90. The Labute approximate surface area is 212 Å². The molecule has 2 unspecified atom stereocenters. The minimum absolute atomic E-state index is 0.113. The molecule has 10 nitrogen and oxygen atoms in total. The van der Waals surface area contributed by atoms with Gasteiger partial charge in [0.25, 0.3) is 0 Å². The van der Waals surface area contributed by atoms with Crippen LogP contribution in [0.15, 0.2) is 40.0 Å². The molecule has 3 N–H and O–H groups in total. The Hall–Kier alpha value is -2.48. The SMILES string of the molecule is CCNS(=O)(=O)CCn1c(Sc2cc3c(cc2C2SC=CC2CC)OCO3)nc2c(N)ncnc21. The van der Waals surface area contributed by atoms with Gasteiger partial charge in [-0.2, -0.15) is 0 Å². The number of rotatable bonds is 9. The van der Waals surface area contributed by atoms with Crippen molar-refractivity contribution in [3.63, 3.8) is 0 Å². The summed E-state index contributed by atoms with van der Waals surface area (Å²) >= 11 is 3.22. The number of ether oxygens (including phenoxy) is 2. The van der Waals surface area contributed by atoms with E-state index in [1.54, 1.807) is 23.3 Å². The molecule has 13 heteroatoms. The van der Waals surface area contributed by atoms with Gasteiger partial charge in [0, 0.05) is 23.2 Å². The minimum atomic E-state index is -3.45. The van der Waals surface area contributed by atoms with Crippen LogP contribution in [0.2, 0.25) is 0 Å². The minimum Gasteiger partial charge on any atom is -0.454 e. The molecule has 5 rings (SSSR count). The highest BCUT2D eigenvalue weighted by atomic mass is 32.2. The average Bonchev–Trinajstić information content (AvgIpc) is 3.56. The monoisotopic (exact) mass is 534 g/mol. The Morgan fingerprint density at radius 1 is 1.26 bits per heavy atom. The normalized spacial score (nSPS) is 19.1. The molecule has 1 aromatic carbocycles. The van der Waals surface area contributed by atoms with Crippen LogP contribution in [0, 0.1) is 5.92 Å². The molecule has 0 spiro atoms. The standard InChI is InChI=1S/C22H26N6O4S3/c1-3-13-5-7-33-19(13)14-9-15-16(32-12-31-15)10-17(14)34-22-27-18-20(23)24-11-25-21(18)28(22)6-8-35(29,30)26-4-2/h5,7,9-11,13,19,26H,3-4,6,8,12H2,1-2H3,(H2,23,24,25). The summed E-state index contributed by atoms with van der Waals surface area (Å²) in [7, 11) is -3.45. The van der Waals surface area contributed by atoms with E-state index in [2.05, 4.69) is 39.2 Å². The first-order valence-corrected chi connectivity index (χ1v) is 14.7. The van der Waals surface area contributed by atoms with E-state index >= 15 is 0 Å². The van der Waals surface area contributed by atoms with Crippen molar-refractivity contribution in [1.82, 2.24) is 24.2 Å². The highest BCUT2D eigenvalue weighted by Gasteiger charge is 2.30. The summed E-state index contributed by atoms with van der Waals surface area (Å²) < 4.78 is 40.4. The van der Waals surface area contributed by atoms with Crippen molar-refractivity contribution < 1.29 is 17.9 Å². The number of allylic oxidation sites excluding steroid dienone is 1. The van der Waals surface area contributed by atoms with Crippen LogP contribution < -0.4 is 19.9 Å². The summed E-state index contributed by atoms with van der Waals surface area (Å²) in [6.45, 7) is 4.61. The first-order chi connectivity index (χ1) is 16.9. The molecule has 2 aromatic heterocycles. The Balaban J connectivity index is 1.57. The van der Waals surface area contributed by atoms with Gasteiger partial charge in [0.1, 0.15) is 6.33 Å². The fourth-order valence-corrected chi connectivity index (χ4v) is 7.61. The van der Waals surface area contributed by atoms with Gasteiger partial charge in [0.05, 0.1) is 5.75 Å². The maximum atomic E-state index is 12.4. The number of sulfonamides is 1. The van der Waals surface area contributed by atoms with Crippen LogP contribution >= 0.6 is 23.5 Å². The van der Waals surface area contributed by atoms with E-state index in [9.17, 15) is 8.42 Å². The molecular weight excluding hydrogens is 508 g/mol. The Kier molecular flexibility index (Phi) is 6.84. The molecule has 0 amide bonds. The van der Waals surface area contributed by atoms with Crippen LogP contribution in [0.5, 0.6) is 11.5 Å². The van der Waals surface area contributed by atoms with Gasteiger partial charge < -0.3 is 19.8 Å². The molecule has 0 fully saturated rings. The fraction of sp³-hybridized carbons (Fsp3) is 0.409. The van der Waals surface area contributed by atoms with Crippen molar-refractivity contribution in [2.45, 2.75) is 42.1 Å². The number of aromatic nitrogens is 4. The molecule has 186 valence electrons. The lowest BCUT2D eigenvalue weighted by molar-refractivity contribution is 0.174.